The molecule has 0 radical (unpaired) electrons. The zero-order valence-electron chi connectivity index (χ0n) is 11.0. The molecule has 2 unspecified atom stereocenters. The number of rotatable bonds is 1. The van der Waals surface area contributed by atoms with Crippen LogP contribution >= 0.6 is 23.2 Å². The Morgan fingerprint density at radius 3 is 2.25 bits per heavy atom. The topological polar surface area (TPSA) is 59.9 Å². The van der Waals surface area contributed by atoms with E-state index in [0.717, 1.165) is 0 Å². The minimum atomic E-state index is -0.536. The molecule has 0 spiro atoms. The molecule has 20 heavy (non-hydrogen) atoms. The summed E-state index contributed by atoms with van der Waals surface area (Å²) in [6.45, 7) is 3.54. The highest BCUT2D eigenvalue weighted by Gasteiger charge is 2.36. The van der Waals surface area contributed by atoms with E-state index < -0.39 is 11.8 Å². The summed E-state index contributed by atoms with van der Waals surface area (Å²) in [6.07, 6.45) is 0. The number of aliphatic imine (C=N–C) groups is 1. The smallest absolute Gasteiger partial charge is 0.0973 e. The fourth-order valence-electron chi connectivity index (χ4n) is 2.46. The zero-order valence-corrected chi connectivity index (χ0v) is 12.5. The van der Waals surface area contributed by atoms with E-state index in [1.54, 1.807) is 32.0 Å². The van der Waals surface area contributed by atoms with Crippen LogP contribution in [0.3, 0.4) is 0 Å². The lowest BCUT2D eigenvalue weighted by Gasteiger charge is -2.28. The quantitative estimate of drug-likeness (QED) is 0.767. The van der Waals surface area contributed by atoms with Gasteiger partial charge in [0.2, 0.25) is 0 Å². The summed E-state index contributed by atoms with van der Waals surface area (Å²) >= 11 is 12.5. The Morgan fingerprint density at radius 2 is 1.75 bits per heavy atom. The fourth-order valence-corrected chi connectivity index (χ4v) is 3.10. The van der Waals surface area contributed by atoms with Crippen LogP contribution in [0.25, 0.3) is 0 Å². The highest BCUT2D eigenvalue weighted by molar-refractivity contribution is 6.36. The molecule has 1 aliphatic rings. The van der Waals surface area contributed by atoms with Crippen LogP contribution < -0.4 is 0 Å². The predicted octanol–water partition coefficient (Wildman–Crippen LogP) is 4.49. The van der Waals surface area contributed by atoms with Crippen LogP contribution in [0.4, 0.5) is 0 Å². The summed E-state index contributed by atoms with van der Waals surface area (Å²) in [4.78, 5) is 4.29. The van der Waals surface area contributed by atoms with Gasteiger partial charge in [0, 0.05) is 21.7 Å². The van der Waals surface area contributed by atoms with Crippen molar-refractivity contribution in [3.05, 3.63) is 45.1 Å². The summed E-state index contributed by atoms with van der Waals surface area (Å²) in [7, 11) is 0. The second-order valence-electron chi connectivity index (χ2n) is 4.58. The van der Waals surface area contributed by atoms with Gasteiger partial charge >= 0.3 is 0 Å². The summed E-state index contributed by atoms with van der Waals surface area (Å²) in [5.74, 6) is -1.01. The molecule has 100 valence electrons. The molecule has 1 aliphatic heterocycles. The van der Waals surface area contributed by atoms with Gasteiger partial charge in [-0.25, -0.2) is 0 Å². The van der Waals surface area contributed by atoms with Gasteiger partial charge in [-0.15, -0.1) is 0 Å². The maximum atomic E-state index is 9.43. The van der Waals surface area contributed by atoms with Gasteiger partial charge in [-0.2, -0.15) is 10.5 Å². The maximum Gasteiger partial charge on any atom is 0.0973 e. The molecule has 0 bridgehead atoms. The van der Waals surface area contributed by atoms with Crippen LogP contribution in [-0.2, 0) is 0 Å². The van der Waals surface area contributed by atoms with Crippen LogP contribution in [0.5, 0.6) is 0 Å². The number of hydrogen-bond donors (Lipinski definition) is 0. The van der Waals surface area contributed by atoms with E-state index in [1.807, 2.05) is 0 Å². The minimum absolute atomic E-state index is 0.442. The van der Waals surface area contributed by atoms with Crippen LogP contribution in [0, 0.1) is 28.6 Å². The highest BCUT2D eigenvalue weighted by Crippen LogP contribution is 2.43. The van der Waals surface area contributed by atoms with Crippen molar-refractivity contribution in [3.8, 4) is 12.1 Å². The molecule has 1 aromatic carbocycles. The van der Waals surface area contributed by atoms with Crippen molar-refractivity contribution in [1.29, 1.82) is 10.5 Å². The van der Waals surface area contributed by atoms with Crippen molar-refractivity contribution in [2.75, 3.05) is 0 Å². The Labute approximate surface area is 127 Å². The fraction of sp³-hybridized carbons (Fsp3) is 0.267. The lowest BCUT2D eigenvalue weighted by atomic mass is 9.77. The Kier molecular flexibility index (Phi) is 4.14. The van der Waals surface area contributed by atoms with Crippen molar-refractivity contribution in [3.63, 3.8) is 0 Å². The standard InChI is InChI=1S/C15H11Cl2N3/c1-8-10(6-18)14(11(7-19)9(2)20-8)15-12(16)4-3-5-13(15)17/h3-5,10,14H,1-2H3. The first kappa shape index (κ1) is 14.6. The van der Waals surface area contributed by atoms with E-state index in [0.29, 0.717) is 32.6 Å². The number of allylic oxidation sites excluding steroid dienone is 2. The van der Waals surface area contributed by atoms with Crippen LogP contribution in [0.2, 0.25) is 10.0 Å². The van der Waals surface area contributed by atoms with Gasteiger partial charge < -0.3 is 0 Å². The number of nitrogens with zero attached hydrogens (tertiary/aromatic N) is 3. The molecule has 0 aromatic heterocycles. The third-order valence-corrected chi connectivity index (χ3v) is 4.06. The van der Waals surface area contributed by atoms with Gasteiger partial charge in [0.05, 0.1) is 29.3 Å². The van der Waals surface area contributed by atoms with Crippen molar-refractivity contribution in [2.45, 2.75) is 19.8 Å². The SMILES string of the molecule is CC1=NC(C)=C(C#N)C(c2c(Cl)cccc2Cl)C1C#N. The van der Waals surface area contributed by atoms with Gasteiger partial charge in [0.1, 0.15) is 0 Å². The first-order chi connectivity index (χ1) is 9.51. The molecule has 3 nitrogen and oxygen atoms in total. The zero-order chi connectivity index (χ0) is 14.9. The molecular formula is C15H11Cl2N3. The van der Waals surface area contributed by atoms with E-state index in [2.05, 4.69) is 17.1 Å². The van der Waals surface area contributed by atoms with E-state index in [4.69, 9.17) is 23.2 Å². The van der Waals surface area contributed by atoms with Gasteiger partial charge in [-0.3, -0.25) is 4.99 Å². The number of nitriles is 2. The first-order valence-corrected chi connectivity index (χ1v) is 6.76. The summed E-state index contributed by atoms with van der Waals surface area (Å²) in [5, 5.41) is 19.7. The average molecular weight is 304 g/mol. The molecule has 1 heterocycles. The third kappa shape index (κ3) is 2.31. The summed E-state index contributed by atoms with van der Waals surface area (Å²) < 4.78 is 0. The van der Waals surface area contributed by atoms with E-state index in [9.17, 15) is 10.5 Å². The van der Waals surface area contributed by atoms with Gasteiger partial charge in [-0.1, -0.05) is 29.3 Å². The van der Waals surface area contributed by atoms with Crippen molar-refractivity contribution < 1.29 is 0 Å². The molecular weight excluding hydrogens is 293 g/mol. The van der Waals surface area contributed by atoms with Crippen molar-refractivity contribution >= 4 is 28.9 Å². The molecule has 0 amide bonds. The number of hydrogen-bond acceptors (Lipinski definition) is 3. The molecule has 2 atom stereocenters. The summed E-state index contributed by atoms with van der Waals surface area (Å²) in [6, 6.07) is 9.51. The van der Waals surface area contributed by atoms with E-state index >= 15 is 0 Å². The van der Waals surface area contributed by atoms with Gasteiger partial charge in [-0.05, 0) is 31.5 Å². The molecule has 0 N–H and O–H groups in total. The normalized spacial score (nSPS) is 22.0. The molecule has 2 rings (SSSR count). The van der Waals surface area contributed by atoms with E-state index in [1.165, 1.54) is 0 Å². The number of halogens is 2. The second kappa shape index (κ2) is 5.67. The highest BCUT2D eigenvalue weighted by atomic mass is 35.5. The largest absolute Gasteiger partial charge is 0.260 e. The first-order valence-electron chi connectivity index (χ1n) is 6.00. The van der Waals surface area contributed by atoms with Crippen molar-refractivity contribution in [2.24, 2.45) is 10.9 Å². The van der Waals surface area contributed by atoms with Crippen LogP contribution in [-0.4, -0.2) is 5.71 Å². The van der Waals surface area contributed by atoms with E-state index in [-0.39, 0.29) is 0 Å². The monoisotopic (exact) mass is 303 g/mol. The minimum Gasteiger partial charge on any atom is -0.260 e. The molecule has 1 aromatic rings. The predicted molar refractivity (Wildman–Crippen MR) is 79.7 cm³/mol. The Hall–Kier alpha value is -1.81. The summed E-state index contributed by atoms with van der Waals surface area (Å²) in [5.41, 5.74) is 2.34. The Morgan fingerprint density at radius 1 is 1.15 bits per heavy atom. The Balaban J connectivity index is 2.73. The van der Waals surface area contributed by atoms with Gasteiger partial charge in [0.25, 0.3) is 0 Å². The van der Waals surface area contributed by atoms with Crippen LogP contribution in [0.15, 0.2) is 34.5 Å². The molecule has 0 saturated heterocycles. The third-order valence-electron chi connectivity index (χ3n) is 3.40. The molecule has 0 aliphatic carbocycles. The Bertz CT molecular complexity index is 685. The van der Waals surface area contributed by atoms with Crippen molar-refractivity contribution in [1.82, 2.24) is 0 Å². The van der Waals surface area contributed by atoms with Crippen LogP contribution in [0.1, 0.15) is 25.3 Å². The molecule has 0 fully saturated rings. The van der Waals surface area contributed by atoms with Gasteiger partial charge in [0.15, 0.2) is 0 Å². The lowest BCUT2D eigenvalue weighted by molar-refractivity contribution is 0.704. The average Bonchev–Trinajstić information content (AvgIpc) is 2.38. The maximum absolute atomic E-state index is 9.43. The second-order valence-corrected chi connectivity index (χ2v) is 5.40. The molecule has 0 saturated carbocycles. The lowest BCUT2D eigenvalue weighted by Crippen LogP contribution is -2.25. The number of benzene rings is 1. The molecule has 5 heteroatoms.